The highest BCUT2D eigenvalue weighted by atomic mass is 16.3. The van der Waals surface area contributed by atoms with E-state index in [-0.39, 0.29) is 0 Å². The molecule has 0 aromatic carbocycles. The first-order valence-electron chi connectivity index (χ1n) is 3.07. The van der Waals surface area contributed by atoms with Gasteiger partial charge in [0.1, 0.15) is 10.8 Å². The molecule has 1 aromatic rings. The largest absolute Gasteiger partial charge is 0.444 e. The lowest BCUT2D eigenvalue weighted by molar-refractivity contribution is 0.522. The summed E-state index contributed by atoms with van der Waals surface area (Å²) in [5.41, 5.74) is 0.932. The third-order valence-electron chi connectivity index (χ3n) is 1.46. The molecule has 1 aromatic heterocycles. The van der Waals surface area contributed by atoms with Gasteiger partial charge >= 0.3 is 0 Å². The first-order valence-corrected chi connectivity index (χ1v) is 3.07. The molecule has 2 rings (SSSR count). The van der Waals surface area contributed by atoms with Gasteiger partial charge in [-0.3, -0.25) is 0 Å². The van der Waals surface area contributed by atoms with Gasteiger partial charge in [-0.15, -0.1) is 0 Å². The van der Waals surface area contributed by atoms with Crippen LogP contribution in [-0.4, -0.2) is 4.98 Å². The molecule has 0 aliphatic heterocycles. The highest BCUT2D eigenvalue weighted by molar-refractivity contribution is 5.31. The summed E-state index contributed by atoms with van der Waals surface area (Å²) in [6.45, 7) is 0. The Labute approximate surface area is 52.5 Å². The van der Waals surface area contributed by atoms with Crippen LogP contribution in [0.15, 0.2) is 10.8 Å². The summed E-state index contributed by atoms with van der Waals surface area (Å²) in [5, 5.41) is 1.00. The predicted molar refractivity (Wildman–Crippen MR) is 33.9 cm³/mol. The summed E-state index contributed by atoms with van der Waals surface area (Å²) < 4.78 is 5.06. The minimum Gasteiger partial charge on any atom is -0.444 e. The van der Waals surface area contributed by atoms with E-state index in [0.717, 1.165) is 23.6 Å². The molecule has 0 amide bonds. The lowest BCUT2D eigenvalue weighted by Crippen LogP contribution is -2.23. The number of fused-ring (bicyclic) bond motifs is 1. The number of hydrogen-bond donors (Lipinski definition) is 0. The fraction of sp³-hybridized carbons (Fsp3) is 0.286. The summed E-state index contributed by atoms with van der Waals surface area (Å²) in [4.78, 5) is 4.00. The molecular weight excluding hydrogens is 114 g/mol. The van der Waals surface area contributed by atoms with Crippen molar-refractivity contribution in [2.75, 3.05) is 0 Å². The normalized spacial score (nSPS) is 15.6. The first-order chi connectivity index (χ1) is 4.47. The summed E-state index contributed by atoms with van der Waals surface area (Å²) in [5.74, 6) is 0. The minimum absolute atomic E-state index is 0.932. The molecule has 0 N–H and O–H groups in total. The second kappa shape index (κ2) is 1.72. The van der Waals surface area contributed by atoms with Crippen molar-refractivity contribution in [1.29, 1.82) is 0 Å². The van der Waals surface area contributed by atoms with Crippen LogP contribution in [0.3, 0.4) is 0 Å². The average Bonchev–Trinajstić information content (AvgIpc) is 2.33. The van der Waals surface area contributed by atoms with E-state index < -0.39 is 0 Å². The lowest BCUT2D eigenvalue weighted by atomic mass is 10.2. The van der Waals surface area contributed by atoms with Crippen molar-refractivity contribution in [3.05, 3.63) is 17.2 Å². The zero-order chi connectivity index (χ0) is 6.10. The van der Waals surface area contributed by atoms with Crippen molar-refractivity contribution >= 4 is 12.2 Å². The van der Waals surface area contributed by atoms with Crippen molar-refractivity contribution in [1.82, 2.24) is 4.98 Å². The topological polar surface area (TPSA) is 26.0 Å². The van der Waals surface area contributed by atoms with Crippen molar-refractivity contribution < 1.29 is 4.42 Å². The molecule has 2 nitrogen and oxygen atoms in total. The molecule has 0 fully saturated rings. The third-order valence-corrected chi connectivity index (χ3v) is 1.46. The SMILES string of the molecule is C1=c2ncoc2=CCC1. The Morgan fingerprint density at radius 3 is 3.11 bits per heavy atom. The fourth-order valence-electron chi connectivity index (χ4n) is 1.00. The van der Waals surface area contributed by atoms with Gasteiger partial charge < -0.3 is 4.42 Å². The van der Waals surface area contributed by atoms with E-state index in [1.165, 1.54) is 6.39 Å². The van der Waals surface area contributed by atoms with E-state index in [1.807, 2.05) is 0 Å². The van der Waals surface area contributed by atoms with Gasteiger partial charge in [0.2, 0.25) is 0 Å². The molecule has 0 saturated carbocycles. The summed E-state index contributed by atoms with van der Waals surface area (Å²) in [7, 11) is 0. The Morgan fingerprint density at radius 2 is 2.22 bits per heavy atom. The summed E-state index contributed by atoms with van der Waals surface area (Å²) in [6, 6.07) is 0. The number of aromatic nitrogens is 1. The van der Waals surface area contributed by atoms with E-state index in [4.69, 9.17) is 4.42 Å². The highest BCUT2D eigenvalue weighted by Crippen LogP contribution is 1.92. The van der Waals surface area contributed by atoms with E-state index in [9.17, 15) is 0 Å². The van der Waals surface area contributed by atoms with Crippen molar-refractivity contribution in [3.8, 4) is 0 Å². The molecule has 0 unspecified atom stereocenters. The van der Waals surface area contributed by atoms with Gasteiger partial charge in [0, 0.05) is 0 Å². The quantitative estimate of drug-likeness (QED) is 0.484. The first kappa shape index (κ1) is 4.79. The van der Waals surface area contributed by atoms with Gasteiger partial charge in [-0.05, 0) is 18.9 Å². The molecule has 1 aliphatic rings. The third kappa shape index (κ3) is 0.669. The maximum Gasteiger partial charge on any atom is 0.181 e. The number of oxazole rings is 1. The van der Waals surface area contributed by atoms with E-state index >= 15 is 0 Å². The second-order valence-corrected chi connectivity index (χ2v) is 2.09. The number of rotatable bonds is 0. The summed E-state index contributed by atoms with van der Waals surface area (Å²) in [6.07, 6.45) is 7.84. The zero-order valence-corrected chi connectivity index (χ0v) is 5.00. The molecule has 9 heavy (non-hydrogen) atoms. The molecule has 0 saturated heterocycles. The van der Waals surface area contributed by atoms with E-state index in [2.05, 4.69) is 17.1 Å². The maximum absolute atomic E-state index is 5.06. The Hall–Kier alpha value is -1.05. The van der Waals surface area contributed by atoms with Crippen molar-refractivity contribution in [3.63, 3.8) is 0 Å². The zero-order valence-electron chi connectivity index (χ0n) is 5.00. The average molecular weight is 121 g/mol. The van der Waals surface area contributed by atoms with Gasteiger partial charge in [-0.2, -0.15) is 0 Å². The molecule has 46 valence electrons. The van der Waals surface area contributed by atoms with Crippen LogP contribution in [0.5, 0.6) is 0 Å². The van der Waals surface area contributed by atoms with Gasteiger partial charge in [0.25, 0.3) is 0 Å². The van der Waals surface area contributed by atoms with Crippen LogP contribution in [0.4, 0.5) is 0 Å². The predicted octanol–water partition coefficient (Wildman–Crippen LogP) is 0.0294. The van der Waals surface area contributed by atoms with Gasteiger partial charge in [0.15, 0.2) is 6.39 Å². The van der Waals surface area contributed by atoms with Crippen LogP contribution in [0.25, 0.3) is 12.2 Å². The van der Waals surface area contributed by atoms with Crippen LogP contribution in [0, 0.1) is 0 Å². The number of nitrogens with zero attached hydrogens (tertiary/aromatic N) is 1. The van der Waals surface area contributed by atoms with Gasteiger partial charge in [-0.25, -0.2) is 4.98 Å². The summed E-state index contributed by atoms with van der Waals surface area (Å²) >= 11 is 0. The Bertz CT molecular complexity index is 279. The molecule has 0 atom stereocenters. The highest BCUT2D eigenvalue weighted by Gasteiger charge is 1.93. The molecule has 0 spiro atoms. The molecular formula is C7H7NO. The lowest BCUT2D eigenvalue weighted by Gasteiger charge is -1.88. The van der Waals surface area contributed by atoms with E-state index in [0.29, 0.717) is 0 Å². The van der Waals surface area contributed by atoms with Crippen LogP contribution in [0.2, 0.25) is 0 Å². The van der Waals surface area contributed by atoms with Crippen LogP contribution < -0.4 is 10.8 Å². The van der Waals surface area contributed by atoms with Crippen molar-refractivity contribution in [2.24, 2.45) is 0 Å². The minimum atomic E-state index is 0.932. The number of hydrogen-bond acceptors (Lipinski definition) is 2. The molecule has 2 heteroatoms. The smallest absolute Gasteiger partial charge is 0.181 e. The van der Waals surface area contributed by atoms with Gasteiger partial charge in [0.05, 0.1) is 0 Å². The standard InChI is InChI=1S/C7H7NO/c1-2-4-7-6(3-1)8-5-9-7/h3-5H,1-2H2. The van der Waals surface area contributed by atoms with Crippen LogP contribution >= 0.6 is 0 Å². The van der Waals surface area contributed by atoms with Crippen molar-refractivity contribution in [2.45, 2.75) is 12.8 Å². The molecule has 1 aliphatic carbocycles. The Kier molecular flexibility index (Phi) is 0.918. The molecule has 1 heterocycles. The second-order valence-electron chi connectivity index (χ2n) is 2.09. The van der Waals surface area contributed by atoms with Gasteiger partial charge in [-0.1, -0.05) is 6.08 Å². The molecule has 0 bridgehead atoms. The monoisotopic (exact) mass is 121 g/mol. The maximum atomic E-state index is 5.06. The molecule has 0 radical (unpaired) electrons. The Morgan fingerprint density at radius 1 is 1.33 bits per heavy atom. The van der Waals surface area contributed by atoms with Crippen LogP contribution in [0.1, 0.15) is 12.8 Å². The Balaban J connectivity index is 2.89. The fourth-order valence-corrected chi connectivity index (χ4v) is 1.00. The van der Waals surface area contributed by atoms with Crippen LogP contribution in [-0.2, 0) is 0 Å². The van der Waals surface area contributed by atoms with E-state index in [1.54, 1.807) is 0 Å².